The molecule has 166 valence electrons. The lowest BCUT2D eigenvalue weighted by molar-refractivity contribution is 0.0107. The lowest BCUT2D eigenvalue weighted by Crippen LogP contribution is -2.43. The van der Waals surface area contributed by atoms with E-state index in [2.05, 4.69) is 9.80 Å². The third-order valence-corrected chi connectivity index (χ3v) is 5.86. The van der Waals surface area contributed by atoms with Gasteiger partial charge in [-0.2, -0.15) is 0 Å². The van der Waals surface area contributed by atoms with Gasteiger partial charge in [-0.15, -0.1) is 0 Å². The van der Waals surface area contributed by atoms with Crippen LogP contribution in [0.3, 0.4) is 0 Å². The first kappa shape index (κ1) is 21.5. The van der Waals surface area contributed by atoms with Gasteiger partial charge in [-0.25, -0.2) is 4.79 Å². The van der Waals surface area contributed by atoms with Gasteiger partial charge in [-0.3, -0.25) is 18.9 Å². The van der Waals surface area contributed by atoms with Crippen molar-refractivity contribution < 1.29 is 19.7 Å². The van der Waals surface area contributed by atoms with Gasteiger partial charge in [0, 0.05) is 39.3 Å². The number of nitrogens with zero attached hydrogens (tertiary/aromatic N) is 4. The normalized spacial score (nSPS) is 21.1. The highest BCUT2D eigenvalue weighted by atomic mass is 16.5. The second-order valence-electron chi connectivity index (χ2n) is 8.13. The molecule has 2 aromatic rings. The number of rotatable bonds is 8. The van der Waals surface area contributed by atoms with E-state index in [1.165, 1.54) is 0 Å². The molecule has 9 heteroatoms. The standard InChI is InChI=1S/C21H32N4O5/c26-17(13-22-5-9-29-10-6-22)15-24-19-3-1-2-4-20(19)25(21(24)28)16-18(27)14-23-7-11-30-12-8-23/h1-4,17-18,26-27H,5-16H2/t17-,18-/m1/s1. The topological polar surface area (TPSA) is 92.3 Å². The Morgan fingerprint density at radius 2 is 1.13 bits per heavy atom. The molecule has 0 radical (unpaired) electrons. The Bertz CT molecular complexity index is 802. The number of para-hydroxylation sites is 2. The first-order chi connectivity index (χ1) is 14.6. The van der Waals surface area contributed by atoms with Crippen molar-refractivity contribution in [2.75, 3.05) is 65.7 Å². The van der Waals surface area contributed by atoms with Crippen LogP contribution in [0.15, 0.2) is 29.1 Å². The highest BCUT2D eigenvalue weighted by molar-refractivity contribution is 5.76. The lowest BCUT2D eigenvalue weighted by Gasteiger charge is -2.28. The fraction of sp³-hybridized carbons (Fsp3) is 0.667. The summed E-state index contributed by atoms with van der Waals surface area (Å²) in [6.45, 7) is 7.34. The third-order valence-electron chi connectivity index (χ3n) is 5.86. The van der Waals surface area contributed by atoms with Crippen molar-refractivity contribution >= 4 is 11.0 Å². The summed E-state index contributed by atoms with van der Waals surface area (Å²) in [6.07, 6.45) is -1.31. The predicted octanol–water partition coefficient (Wildman–Crippen LogP) is -0.811. The van der Waals surface area contributed by atoms with Gasteiger partial charge in [0.05, 0.1) is 62.8 Å². The molecule has 2 aliphatic rings. The van der Waals surface area contributed by atoms with Gasteiger partial charge >= 0.3 is 5.69 Å². The molecule has 9 nitrogen and oxygen atoms in total. The Labute approximate surface area is 176 Å². The van der Waals surface area contributed by atoms with Gasteiger partial charge in [-0.1, -0.05) is 12.1 Å². The monoisotopic (exact) mass is 420 g/mol. The van der Waals surface area contributed by atoms with Crippen LogP contribution in [0.2, 0.25) is 0 Å². The zero-order valence-corrected chi connectivity index (χ0v) is 17.4. The number of morpholine rings is 2. The number of hydrogen-bond acceptors (Lipinski definition) is 7. The fourth-order valence-electron chi connectivity index (χ4n) is 4.33. The van der Waals surface area contributed by atoms with Crippen LogP contribution in [0.4, 0.5) is 0 Å². The molecule has 2 N–H and O–H groups in total. The summed E-state index contributed by atoms with van der Waals surface area (Å²) < 4.78 is 14.0. The maximum absolute atomic E-state index is 13.2. The van der Waals surface area contributed by atoms with Crippen LogP contribution < -0.4 is 5.69 Å². The van der Waals surface area contributed by atoms with Crippen molar-refractivity contribution in [3.8, 4) is 0 Å². The first-order valence-corrected chi connectivity index (χ1v) is 10.8. The van der Waals surface area contributed by atoms with E-state index in [9.17, 15) is 15.0 Å². The minimum atomic E-state index is -0.654. The predicted molar refractivity (Wildman–Crippen MR) is 113 cm³/mol. The molecule has 2 atom stereocenters. The summed E-state index contributed by atoms with van der Waals surface area (Å²) in [5.74, 6) is 0. The molecule has 1 aromatic carbocycles. The highest BCUT2D eigenvalue weighted by Gasteiger charge is 2.21. The van der Waals surface area contributed by atoms with Crippen LogP contribution >= 0.6 is 0 Å². The van der Waals surface area contributed by atoms with Crippen molar-refractivity contribution in [3.63, 3.8) is 0 Å². The molecule has 2 fully saturated rings. The number of aliphatic hydroxyl groups is 2. The molecule has 0 aliphatic carbocycles. The molecule has 0 unspecified atom stereocenters. The van der Waals surface area contributed by atoms with Crippen molar-refractivity contribution in [2.24, 2.45) is 0 Å². The Balaban J connectivity index is 1.48. The molecule has 0 saturated carbocycles. The third kappa shape index (κ3) is 5.11. The zero-order chi connectivity index (χ0) is 20.9. The molecule has 0 spiro atoms. The number of aliphatic hydroxyl groups excluding tert-OH is 2. The molecule has 2 saturated heterocycles. The maximum atomic E-state index is 13.2. The van der Waals surface area contributed by atoms with E-state index in [0.717, 1.165) is 37.2 Å². The van der Waals surface area contributed by atoms with Crippen molar-refractivity contribution in [2.45, 2.75) is 25.3 Å². The number of aromatic nitrogens is 2. The fourth-order valence-corrected chi connectivity index (χ4v) is 4.33. The second kappa shape index (κ2) is 10.0. The largest absolute Gasteiger partial charge is 0.390 e. The van der Waals surface area contributed by atoms with Gasteiger partial charge in [0.2, 0.25) is 0 Å². The van der Waals surface area contributed by atoms with E-state index < -0.39 is 12.2 Å². The second-order valence-corrected chi connectivity index (χ2v) is 8.13. The highest BCUT2D eigenvalue weighted by Crippen LogP contribution is 2.15. The smallest absolute Gasteiger partial charge is 0.329 e. The van der Waals surface area contributed by atoms with E-state index in [1.54, 1.807) is 9.13 Å². The first-order valence-electron chi connectivity index (χ1n) is 10.8. The summed E-state index contributed by atoms with van der Waals surface area (Å²) in [5.41, 5.74) is 1.36. The van der Waals surface area contributed by atoms with E-state index in [-0.39, 0.29) is 18.8 Å². The molecule has 3 heterocycles. The van der Waals surface area contributed by atoms with E-state index in [0.29, 0.717) is 39.5 Å². The number of hydrogen-bond donors (Lipinski definition) is 2. The average Bonchev–Trinajstić information content (AvgIpc) is 3.01. The van der Waals surface area contributed by atoms with Gasteiger partial charge in [0.1, 0.15) is 0 Å². The quantitative estimate of drug-likeness (QED) is 0.577. The number of fused-ring (bicyclic) bond motifs is 1. The van der Waals surface area contributed by atoms with Gasteiger partial charge in [0.25, 0.3) is 0 Å². The Kier molecular flexibility index (Phi) is 7.19. The van der Waals surface area contributed by atoms with Gasteiger partial charge < -0.3 is 19.7 Å². The van der Waals surface area contributed by atoms with Crippen molar-refractivity contribution in [1.29, 1.82) is 0 Å². The molecule has 30 heavy (non-hydrogen) atoms. The van der Waals surface area contributed by atoms with Gasteiger partial charge in [0.15, 0.2) is 0 Å². The maximum Gasteiger partial charge on any atom is 0.329 e. The minimum absolute atomic E-state index is 0.196. The van der Waals surface area contributed by atoms with E-state index >= 15 is 0 Å². The van der Waals surface area contributed by atoms with Crippen molar-refractivity contribution in [1.82, 2.24) is 18.9 Å². The Morgan fingerprint density at radius 1 is 0.733 bits per heavy atom. The summed E-state index contributed by atoms with van der Waals surface area (Å²) in [7, 11) is 0. The molecule has 2 aliphatic heterocycles. The lowest BCUT2D eigenvalue weighted by atomic mass is 10.2. The Morgan fingerprint density at radius 3 is 1.53 bits per heavy atom. The number of ether oxygens (including phenoxy) is 2. The van der Waals surface area contributed by atoms with Crippen LogP contribution in [-0.2, 0) is 22.6 Å². The summed E-state index contributed by atoms with van der Waals surface area (Å²) in [6, 6.07) is 7.56. The molecular weight excluding hydrogens is 388 g/mol. The van der Waals surface area contributed by atoms with Crippen LogP contribution in [-0.4, -0.2) is 107 Å². The van der Waals surface area contributed by atoms with Crippen LogP contribution in [0.5, 0.6) is 0 Å². The molecule has 0 amide bonds. The van der Waals surface area contributed by atoms with Crippen LogP contribution in [0.1, 0.15) is 0 Å². The van der Waals surface area contributed by atoms with Crippen LogP contribution in [0.25, 0.3) is 11.0 Å². The zero-order valence-electron chi connectivity index (χ0n) is 17.4. The minimum Gasteiger partial charge on any atom is -0.390 e. The molecular formula is C21H32N4O5. The molecule has 4 rings (SSSR count). The van der Waals surface area contributed by atoms with E-state index in [1.807, 2.05) is 24.3 Å². The average molecular weight is 421 g/mol. The molecule has 1 aromatic heterocycles. The number of β-amino-alcohol motifs (C(OH)–C–C–N with tert-alkyl or cyclic N) is 2. The SMILES string of the molecule is O=c1n(C[C@H](O)CN2CCOCC2)c2ccccc2n1C[C@H](O)CN1CCOCC1. The van der Waals surface area contributed by atoms with Gasteiger partial charge in [-0.05, 0) is 12.1 Å². The van der Waals surface area contributed by atoms with E-state index in [4.69, 9.17) is 9.47 Å². The van der Waals surface area contributed by atoms with Crippen LogP contribution in [0, 0.1) is 0 Å². The summed E-state index contributed by atoms with van der Waals surface area (Å²) in [5, 5.41) is 21.3. The summed E-state index contributed by atoms with van der Waals surface area (Å²) in [4.78, 5) is 17.5. The van der Waals surface area contributed by atoms with Crippen molar-refractivity contribution in [3.05, 3.63) is 34.7 Å². The number of benzene rings is 1. The Hall–Kier alpha value is -1.75. The summed E-state index contributed by atoms with van der Waals surface area (Å²) >= 11 is 0. The molecule has 0 bridgehead atoms. The number of imidazole rings is 1.